The Morgan fingerprint density at radius 3 is 2.96 bits per heavy atom. The summed E-state index contributed by atoms with van der Waals surface area (Å²) >= 11 is 2.96. The molecule has 4 rings (SSSR count). The first-order chi connectivity index (χ1) is 13.2. The molecule has 0 saturated heterocycles. The van der Waals surface area contributed by atoms with Crippen molar-refractivity contribution in [3.05, 3.63) is 76.2 Å². The standard InChI is InChI=1S/C19H17N5OS2/c1-3-8-24-17(15-7-5-4-6-13(15)2)21-22-19(24)27-12-14-11-16(25)23-9-10-26-18(23)20-14/h3-7,9-11H,1,8,12H2,2H3. The molecule has 0 atom stereocenters. The van der Waals surface area contributed by atoms with Crippen LogP contribution < -0.4 is 5.56 Å². The number of thioether (sulfide) groups is 1. The second-order valence-corrected chi connectivity index (χ2v) is 7.77. The van der Waals surface area contributed by atoms with Crippen molar-refractivity contribution in [1.29, 1.82) is 0 Å². The van der Waals surface area contributed by atoms with Crippen molar-refractivity contribution < 1.29 is 0 Å². The highest BCUT2D eigenvalue weighted by Gasteiger charge is 2.15. The summed E-state index contributed by atoms with van der Waals surface area (Å²) in [5.41, 5.74) is 2.86. The molecule has 3 aromatic heterocycles. The number of aryl methyl sites for hydroxylation is 1. The van der Waals surface area contributed by atoms with Crippen LogP contribution in [0.15, 0.2) is 64.5 Å². The fraction of sp³-hybridized carbons (Fsp3) is 0.158. The van der Waals surface area contributed by atoms with Crippen molar-refractivity contribution in [1.82, 2.24) is 24.1 Å². The molecule has 3 heterocycles. The fourth-order valence-electron chi connectivity index (χ4n) is 2.81. The second kappa shape index (κ2) is 7.50. The Morgan fingerprint density at radius 1 is 1.30 bits per heavy atom. The van der Waals surface area contributed by atoms with Crippen LogP contribution in [0.1, 0.15) is 11.3 Å². The lowest BCUT2D eigenvalue weighted by atomic mass is 10.1. The fourth-order valence-corrected chi connectivity index (χ4v) is 4.39. The van der Waals surface area contributed by atoms with Crippen molar-refractivity contribution in [3.63, 3.8) is 0 Å². The van der Waals surface area contributed by atoms with Gasteiger partial charge in [-0.05, 0) is 12.5 Å². The summed E-state index contributed by atoms with van der Waals surface area (Å²) in [6, 6.07) is 9.68. The van der Waals surface area contributed by atoms with Crippen LogP contribution in [-0.4, -0.2) is 24.1 Å². The number of hydrogen-bond donors (Lipinski definition) is 0. The highest BCUT2D eigenvalue weighted by atomic mass is 32.2. The average molecular weight is 396 g/mol. The maximum atomic E-state index is 12.1. The molecule has 4 aromatic rings. The van der Waals surface area contributed by atoms with Gasteiger partial charge in [0, 0.05) is 35.5 Å². The van der Waals surface area contributed by atoms with E-state index < -0.39 is 0 Å². The predicted octanol–water partition coefficient (Wildman–Crippen LogP) is 3.80. The molecule has 0 bridgehead atoms. The van der Waals surface area contributed by atoms with Gasteiger partial charge in [-0.3, -0.25) is 13.8 Å². The van der Waals surface area contributed by atoms with E-state index in [2.05, 4.69) is 34.8 Å². The number of fused-ring (bicyclic) bond motifs is 1. The zero-order chi connectivity index (χ0) is 18.8. The lowest BCUT2D eigenvalue weighted by Gasteiger charge is -2.09. The van der Waals surface area contributed by atoms with E-state index >= 15 is 0 Å². The van der Waals surface area contributed by atoms with Crippen LogP contribution in [-0.2, 0) is 12.3 Å². The molecule has 0 saturated carbocycles. The van der Waals surface area contributed by atoms with Crippen LogP contribution in [0.3, 0.4) is 0 Å². The Balaban J connectivity index is 1.64. The molecule has 6 nitrogen and oxygen atoms in total. The molecular weight excluding hydrogens is 378 g/mol. The quantitative estimate of drug-likeness (QED) is 0.367. The van der Waals surface area contributed by atoms with Gasteiger partial charge in [-0.25, -0.2) is 4.98 Å². The lowest BCUT2D eigenvalue weighted by Crippen LogP contribution is -2.12. The summed E-state index contributed by atoms with van der Waals surface area (Å²) < 4.78 is 3.59. The van der Waals surface area contributed by atoms with Crippen LogP contribution in [0.4, 0.5) is 0 Å². The molecule has 0 aliphatic heterocycles. The summed E-state index contributed by atoms with van der Waals surface area (Å²) in [6.07, 6.45) is 3.57. The first kappa shape index (κ1) is 17.7. The van der Waals surface area contributed by atoms with Gasteiger partial charge >= 0.3 is 0 Å². The van der Waals surface area contributed by atoms with E-state index in [4.69, 9.17) is 0 Å². The van der Waals surface area contributed by atoms with E-state index in [9.17, 15) is 4.79 Å². The van der Waals surface area contributed by atoms with E-state index in [1.54, 1.807) is 16.7 Å². The molecule has 0 radical (unpaired) electrons. The molecule has 0 unspecified atom stereocenters. The van der Waals surface area contributed by atoms with Crippen molar-refractivity contribution in [2.45, 2.75) is 24.4 Å². The van der Waals surface area contributed by atoms with Gasteiger partial charge in [-0.2, -0.15) is 0 Å². The normalized spacial score (nSPS) is 11.1. The van der Waals surface area contributed by atoms with Crippen LogP contribution >= 0.6 is 23.1 Å². The minimum atomic E-state index is -0.0648. The van der Waals surface area contributed by atoms with Gasteiger partial charge in [0.1, 0.15) is 0 Å². The molecule has 8 heteroatoms. The van der Waals surface area contributed by atoms with Gasteiger partial charge in [-0.1, -0.05) is 42.1 Å². The number of nitrogens with zero attached hydrogens (tertiary/aromatic N) is 5. The number of rotatable bonds is 6. The number of benzene rings is 1. The van der Waals surface area contributed by atoms with E-state index in [0.29, 0.717) is 17.3 Å². The molecule has 0 fully saturated rings. The molecule has 136 valence electrons. The van der Waals surface area contributed by atoms with Gasteiger partial charge in [0.2, 0.25) is 0 Å². The number of allylic oxidation sites excluding steroid dienone is 1. The summed E-state index contributed by atoms with van der Waals surface area (Å²) in [5.74, 6) is 1.37. The molecule has 0 amide bonds. The zero-order valence-corrected chi connectivity index (χ0v) is 16.3. The Bertz CT molecular complexity index is 1170. The molecule has 0 aliphatic carbocycles. The highest BCUT2D eigenvalue weighted by Crippen LogP contribution is 2.27. The van der Waals surface area contributed by atoms with Crippen LogP contribution in [0.2, 0.25) is 0 Å². The topological polar surface area (TPSA) is 65.1 Å². The van der Waals surface area contributed by atoms with Crippen LogP contribution in [0.25, 0.3) is 16.3 Å². The maximum Gasteiger partial charge on any atom is 0.258 e. The largest absolute Gasteiger partial charge is 0.298 e. The Kier molecular flexibility index (Phi) is 4.91. The summed E-state index contributed by atoms with van der Waals surface area (Å²) in [6.45, 7) is 6.52. The van der Waals surface area contributed by atoms with E-state index in [1.807, 2.05) is 34.2 Å². The maximum absolute atomic E-state index is 12.1. The van der Waals surface area contributed by atoms with Gasteiger partial charge in [-0.15, -0.1) is 28.1 Å². The molecular formula is C19H17N5OS2. The van der Waals surface area contributed by atoms with Gasteiger partial charge in [0.25, 0.3) is 5.56 Å². The summed E-state index contributed by atoms with van der Waals surface area (Å²) in [7, 11) is 0. The monoisotopic (exact) mass is 395 g/mol. The van der Waals surface area contributed by atoms with Gasteiger partial charge in [0.05, 0.1) is 5.69 Å². The summed E-state index contributed by atoms with van der Waals surface area (Å²) in [4.78, 5) is 17.4. The Hall–Kier alpha value is -2.71. The third-order valence-corrected chi connectivity index (χ3v) is 5.88. The predicted molar refractivity (Wildman–Crippen MR) is 109 cm³/mol. The van der Waals surface area contributed by atoms with Crippen molar-refractivity contribution >= 4 is 28.1 Å². The van der Waals surface area contributed by atoms with Crippen LogP contribution in [0, 0.1) is 6.92 Å². The van der Waals surface area contributed by atoms with Crippen molar-refractivity contribution in [2.75, 3.05) is 0 Å². The minimum Gasteiger partial charge on any atom is -0.298 e. The molecule has 27 heavy (non-hydrogen) atoms. The lowest BCUT2D eigenvalue weighted by molar-refractivity contribution is 0.730. The number of thiazole rings is 1. The van der Waals surface area contributed by atoms with Crippen molar-refractivity contribution in [2.24, 2.45) is 0 Å². The Morgan fingerprint density at radius 2 is 2.15 bits per heavy atom. The first-order valence-electron chi connectivity index (χ1n) is 8.36. The first-order valence-corrected chi connectivity index (χ1v) is 10.2. The molecule has 0 aliphatic rings. The van der Waals surface area contributed by atoms with Gasteiger partial charge < -0.3 is 0 Å². The third kappa shape index (κ3) is 3.45. The molecule has 0 N–H and O–H groups in total. The number of aromatic nitrogens is 5. The molecule has 1 aromatic carbocycles. The zero-order valence-electron chi connectivity index (χ0n) is 14.7. The van der Waals surface area contributed by atoms with Crippen molar-refractivity contribution in [3.8, 4) is 11.4 Å². The third-order valence-electron chi connectivity index (χ3n) is 4.12. The van der Waals surface area contributed by atoms with Crippen LogP contribution in [0.5, 0.6) is 0 Å². The van der Waals surface area contributed by atoms with E-state index in [-0.39, 0.29) is 5.56 Å². The second-order valence-electron chi connectivity index (χ2n) is 5.95. The highest BCUT2D eigenvalue weighted by molar-refractivity contribution is 7.98. The summed E-state index contributed by atoms with van der Waals surface area (Å²) in [5, 5.41) is 11.4. The van der Waals surface area contributed by atoms with Gasteiger partial charge in [0.15, 0.2) is 15.9 Å². The smallest absolute Gasteiger partial charge is 0.258 e. The van der Waals surface area contributed by atoms with E-state index in [1.165, 1.54) is 23.1 Å². The minimum absolute atomic E-state index is 0.0648. The van der Waals surface area contributed by atoms with E-state index in [0.717, 1.165) is 27.8 Å². The average Bonchev–Trinajstić information content (AvgIpc) is 3.28. The molecule has 0 spiro atoms. The number of hydrogen-bond acceptors (Lipinski definition) is 6. The SMILES string of the molecule is C=CCn1c(SCc2cc(=O)n3ccsc3n2)nnc1-c1ccccc1C. The Labute approximate surface area is 164 Å².